The maximum absolute atomic E-state index is 6.47. The van der Waals surface area contributed by atoms with Crippen LogP contribution in [0.2, 0.25) is 0 Å². The number of rotatable bonds is 4. The summed E-state index contributed by atoms with van der Waals surface area (Å²) in [5.41, 5.74) is 12.9. The SMILES string of the molecule is C1=CC2c3ccccc3N(c3cccc(-c4c5ccccc5c(-c5cccc(-c6cccc7c6oc6ccccc67)c5)c5ccccc45)c3)C2C=C1. The number of hydrogen-bond donors (Lipinski definition) is 0. The average Bonchev–Trinajstić information content (AvgIpc) is 3.76. The largest absolute Gasteiger partial charge is 0.455 e. The van der Waals surface area contributed by atoms with E-state index in [1.165, 1.54) is 60.7 Å². The fourth-order valence-electron chi connectivity index (χ4n) is 8.97. The van der Waals surface area contributed by atoms with Crippen molar-refractivity contribution in [2.75, 3.05) is 4.90 Å². The molecule has 0 fully saturated rings. The number of para-hydroxylation sites is 3. The van der Waals surface area contributed by atoms with E-state index in [0.717, 1.165) is 33.1 Å². The van der Waals surface area contributed by atoms with Crippen molar-refractivity contribution in [3.05, 3.63) is 194 Å². The fourth-order valence-corrected chi connectivity index (χ4v) is 8.97. The zero-order valence-corrected chi connectivity index (χ0v) is 28.4. The normalized spacial score (nSPS) is 16.3. The van der Waals surface area contributed by atoms with Crippen molar-refractivity contribution < 1.29 is 4.42 Å². The highest BCUT2D eigenvalue weighted by atomic mass is 16.3. The zero-order valence-electron chi connectivity index (χ0n) is 28.4. The van der Waals surface area contributed by atoms with Crippen LogP contribution in [0.4, 0.5) is 11.4 Å². The van der Waals surface area contributed by atoms with E-state index in [1.54, 1.807) is 0 Å². The molecule has 2 unspecified atom stereocenters. The highest BCUT2D eigenvalue weighted by Crippen LogP contribution is 2.49. The molecule has 0 radical (unpaired) electrons. The number of anilines is 2. The van der Waals surface area contributed by atoms with Gasteiger partial charge >= 0.3 is 0 Å². The van der Waals surface area contributed by atoms with Gasteiger partial charge in [-0.05, 0) is 85.3 Å². The summed E-state index contributed by atoms with van der Waals surface area (Å²) in [6.07, 6.45) is 9.07. The maximum Gasteiger partial charge on any atom is 0.143 e. The van der Waals surface area contributed by atoms with E-state index in [9.17, 15) is 0 Å². The van der Waals surface area contributed by atoms with Crippen LogP contribution in [0, 0.1) is 0 Å². The van der Waals surface area contributed by atoms with E-state index in [0.29, 0.717) is 5.92 Å². The molecule has 0 spiro atoms. The van der Waals surface area contributed by atoms with Gasteiger partial charge in [0.05, 0.1) is 6.04 Å². The Hall–Kier alpha value is -6.64. The predicted octanol–water partition coefficient (Wildman–Crippen LogP) is 13.6. The molecule has 2 heteroatoms. The third kappa shape index (κ3) is 4.31. The van der Waals surface area contributed by atoms with Crippen LogP contribution in [-0.4, -0.2) is 6.04 Å². The van der Waals surface area contributed by atoms with Crippen molar-refractivity contribution in [3.8, 4) is 33.4 Å². The molecule has 0 saturated carbocycles. The van der Waals surface area contributed by atoms with Crippen molar-refractivity contribution in [3.63, 3.8) is 0 Å². The number of benzene rings is 8. The Bertz CT molecular complexity index is 2890. The minimum absolute atomic E-state index is 0.256. The van der Waals surface area contributed by atoms with Crippen molar-refractivity contribution in [2.24, 2.45) is 0 Å². The van der Waals surface area contributed by atoms with Crippen molar-refractivity contribution in [2.45, 2.75) is 12.0 Å². The Kier molecular flexibility index (Phi) is 6.41. The standard InChI is InChI=1S/C50H33NO/c1-3-23-42-40(21-1)48(33-15-11-14-32(30-33)36-25-13-26-44-39-20-7-10-29-47(39)52-50(36)44)41-22-2-4-24-43(41)49(42)34-16-12-17-35(31-34)51-45-27-8-5-18-37(45)38-19-6-9-28-46(38)51/h1-31,37,45H. The van der Waals surface area contributed by atoms with Gasteiger partial charge in [0.15, 0.2) is 0 Å². The summed E-state index contributed by atoms with van der Waals surface area (Å²) in [5, 5.41) is 7.27. The lowest BCUT2D eigenvalue weighted by Crippen LogP contribution is -2.28. The van der Waals surface area contributed by atoms with Crippen LogP contribution in [0.3, 0.4) is 0 Å². The van der Waals surface area contributed by atoms with E-state index in [1.807, 2.05) is 6.07 Å². The second-order valence-electron chi connectivity index (χ2n) is 14.0. The first-order valence-electron chi connectivity index (χ1n) is 18.1. The van der Waals surface area contributed by atoms with Crippen molar-refractivity contribution in [1.82, 2.24) is 0 Å². The third-order valence-electron chi connectivity index (χ3n) is 11.2. The van der Waals surface area contributed by atoms with E-state index >= 15 is 0 Å². The molecule has 0 bridgehead atoms. The molecule has 244 valence electrons. The smallest absolute Gasteiger partial charge is 0.143 e. The van der Waals surface area contributed by atoms with E-state index in [2.05, 4.69) is 187 Å². The van der Waals surface area contributed by atoms with Gasteiger partial charge in [-0.2, -0.15) is 0 Å². The number of allylic oxidation sites excluding steroid dienone is 2. The summed E-state index contributed by atoms with van der Waals surface area (Å²) in [6.45, 7) is 0. The van der Waals surface area contributed by atoms with Gasteiger partial charge in [-0.1, -0.05) is 158 Å². The van der Waals surface area contributed by atoms with Crippen LogP contribution < -0.4 is 4.90 Å². The van der Waals surface area contributed by atoms with Crippen molar-refractivity contribution in [1.29, 1.82) is 0 Å². The van der Waals surface area contributed by atoms with Crippen molar-refractivity contribution >= 4 is 54.9 Å². The molecule has 9 aromatic rings. The van der Waals surface area contributed by atoms with Gasteiger partial charge in [0.2, 0.25) is 0 Å². The van der Waals surface area contributed by atoms with E-state index in [4.69, 9.17) is 4.42 Å². The Morgan fingerprint density at radius 2 is 1.02 bits per heavy atom. The van der Waals surface area contributed by atoms with Crippen LogP contribution in [0.5, 0.6) is 0 Å². The Morgan fingerprint density at radius 3 is 1.79 bits per heavy atom. The zero-order chi connectivity index (χ0) is 34.2. The van der Waals surface area contributed by atoms with Crippen LogP contribution in [-0.2, 0) is 0 Å². The molecule has 2 heterocycles. The second kappa shape index (κ2) is 11.4. The molecule has 1 aromatic heterocycles. The van der Waals surface area contributed by atoms with Gasteiger partial charge in [0.1, 0.15) is 11.2 Å². The van der Waals surface area contributed by atoms with Gasteiger partial charge in [-0.3, -0.25) is 0 Å². The Morgan fingerprint density at radius 1 is 0.442 bits per heavy atom. The van der Waals surface area contributed by atoms with Crippen LogP contribution in [0.25, 0.3) is 76.9 Å². The predicted molar refractivity (Wildman–Crippen MR) is 218 cm³/mol. The molecule has 2 aliphatic rings. The lowest BCUT2D eigenvalue weighted by atomic mass is 9.85. The molecular weight excluding hydrogens is 631 g/mol. The summed E-state index contributed by atoms with van der Waals surface area (Å²) in [6, 6.07) is 59.9. The van der Waals surface area contributed by atoms with Crippen LogP contribution in [0.15, 0.2) is 193 Å². The maximum atomic E-state index is 6.47. The first-order valence-corrected chi connectivity index (χ1v) is 18.1. The average molecular weight is 664 g/mol. The summed E-state index contributed by atoms with van der Waals surface area (Å²) < 4.78 is 6.47. The quantitative estimate of drug-likeness (QED) is 0.174. The number of fused-ring (bicyclic) bond motifs is 8. The van der Waals surface area contributed by atoms with Crippen LogP contribution >= 0.6 is 0 Å². The first kappa shape index (κ1) is 29.1. The van der Waals surface area contributed by atoms with Gasteiger partial charge in [-0.15, -0.1) is 0 Å². The highest BCUT2D eigenvalue weighted by Gasteiger charge is 2.37. The summed E-state index contributed by atoms with van der Waals surface area (Å²) in [7, 11) is 0. The van der Waals surface area contributed by atoms with Gasteiger partial charge in [0, 0.05) is 33.6 Å². The molecule has 1 aliphatic carbocycles. The summed E-state index contributed by atoms with van der Waals surface area (Å²) >= 11 is 0. The molecule has 11 rings (SSSR count). The molecule has 0 N–H and O–H groups in total. The van der Waals surface area contributed by atoms with Crippen LogP contribution in [0.1, 0.15) is 11.5 Å². The molecular formula is C50H33NO. The molecule has 1 aliphatic heterocycles. The Balaban J connectivity index is 1.10. The number of hydrogen-bond acceptors (Lipinski definition) is 2. The molecule has 0 saturated heterocycles. The number of furan rings is 1. The minimum Gasteiger partial charge on any atom is -0.455 e. The minimum atomic E-state index is 0.256. The highest BCUT2D eigenvalue weighted by molar-refractivity contribution is 6.21. The van der Waals surface area contributed by atoms with Gasteiger partial charge in [-0.25, -0.2) is 0 Å². The monoisotopic (exact) mass is 663 g/mol. The molecule has 2 nitrogen and oxygen atoms in total. The number of nitrogens with zero attached hydrogens (tertiary/aromatic N) is 1. The fraction of sp³-hybridized carbons (Fsp3) is 0.0400. The topological polar surface area (TPSA) is 16.4 Å². The molecule has 2 atom stereocenters. The third-order valence-corrected chi connectivity index (χ3v) is 11.2. The summed E-state index contributed by atoms with van der Waals surface area (Å²) in [4.78, 5) is 2.52. The molecule has 8 aromatic carbocycles. The van der Waals surface area contributed by atoms with Gasteiger partial charge in [0.25, 0.3) is 0 Å². The van der Waals surface area contributed by atoms with E-state index in [-0.39, 0.29) is 6.04 Å². The molecule has 0 amide bonds. The first-order chi connectivity index (χ1) is 25.8. The van der Waals surface area contributed by atoms with Gasteiger partial charge < -0.3 is 9.32 Å². The molecule has 52 heavy (non-hydrogen) atoms. The second-order valence-corrected chi connectivity index (χ2v) is 14.0. The lowest BCUT2D eigenvalue weighted by molar-refractivity contribution is 0.670. The summed E-state index contributed by atoms with van der Waals surface area (Å²) in [5.74, 6) is 0.348. The Labute approximate surface area is 302 Å². The lowest BCUT2D eigenvalue weighted by Gasteiger charge is -2.29. The van der Waals surface area contributed by atoms with E-state index < -0.39 is 0 Å².